The number of amides is 2. The van der Waals surface area contributed by atoms with Gasteiger partial charge >= 0.3 is 12.0 Å². The van der Waals surface area contributed by atoms with E-state index >= 15 is 0 Å². The number of anilines is 2. The van der Waals surface area contributed by atoms with Crippen molar-refractivity contribution in [2.24, 2.45) is 11.8 Å². The van der Waals surface area contributed by atoms with Crippen LogP contribution in [-0.4, -0.2) is 35.9 Å². The standard InChI is InChI=1S/C22H26F3N3O3S2/c1-3-31-17(29)12-32-18-10-26-21(33-18)27-22(30)28(11-14-6-4-13(2)5-7-14)16-9-8-15(23)19(24)20(16)25/h8-10,13-14H,3-7,11-12H2,1-2H3,(H,26,27,30)/t13-,14-. The van der Waals surface area contributed by atoms with Crippen molar-refractivity contribution in [3.05, 3.63) is 35.8 Å². The van der Waals surface area contributed by atoms with Crippen molar-refractivity contribution in [3.63, 3.8) is 0 Å². The van der Waals surface area contributed by atoms with E-state index in [0.29, 0.717) is 16.7 Å². The van der Waals surface area contributed by atoms with E-state index in [-0.39, 0.29) is 35.0 Å². The van der Waals surface area contributed by atoms with Crippen LogP contribution in [0.3, 0.4) is 0 Å². The minimum absolute atomic E-state index is 0.107. The highest BCUT2D eigenvalue weighted by Gasteiger charge is 2.28. The summed E-state index contributed by atoms with van der Waals surface area (Å²) in [7, 11) is 0. The second-order valence-electron chi connectivity index (χ2n) is 7.94. The molecule has 0 aliphatic heterocycles. The summed E-state index contributed by atoms with van der Waals surface area (Å²) in [5, 5.41) is 2.86. The molecule has 1 heterocycles. The Labute approximate surface area is 198 Å². The molecule has 6 nitrogen and oxygen atoms in total. The molecular formula is C22H26F3N3O3S2. The quantitative estimate of drug-likeness (QED) is 0.270. The average Bonchev–Trinajstić information content (AvgIpc) is 3.24. The largest absolute Gasteiger partial charge is 0.465 e. The normalized spacial score (nSPS) is 18.1. The number of carbonyl (C=O) groups is 2. The van der Waals surface area contributed by atoms with Gasteiger partial charge in [0.05, 0.1) is 28.5 Å². The first-order valence-corrected chi connectivity index (χ1v) is 12.5. The first kappa shape index (κ1) is 25.4. The number of rotatable bonds is 8. The van der Waals surface area contributed by atoms with Crippen molar-refractivity contribution >= 4 is 45.9 Å². The molecule has 2 amide bonds. The summed E-state index contributed by atoms with van der Waals surface area (Å²) in [5.74, 6) is -3.88. The van der Waals surface area contributed by atoms with Crippen LogP contribution in [0.5, 0.6) is 0 Å². The van der Waals surface area contributed by atoms with E-state index < -0.39 is 23.5 Å². The second kappa shape index (κ2) is 11.7. The summed E-state index contributed by atoms with van der Waals surface area (Å²) in [5.41, 5.74) is -0.321. The Morgan fingerprint density at radius 2 is 1.94 bits per heavy atom. The molecule has 0 atom stereocenters. The number of nitrogens with zero attached hydrogens (tertiary/aromatic N) is 2. The smallest absolute Gasteiger partial charge is 0.328 e. The van der Waals surface area contributed by atoms with Gasteiger partial charge in [-0.25, -0.2) is 22.9 Å². The number of ether oxygens (including phenoxy) is 1. The van der Waals surface area contributed by atoms with E-state index in [1.54, 1.807) is 6.92 Å². The lowest BCUT2D eigenvalue weighted by Gasteiger charge is -2.31. The summed E-state index contributed by atoms with van der Waals surface area (Å²) in [4.78, 5) is 29.8. The third-order valence-electron chi connectivity index (χ3n) is 5.46. The molecule has 0 saturated heterocycles. The summed E-state index contributed by atoms with van der Waals surface area (Å²) in [6, 6.07) is 1.20. The number of hydrogen-bond donors (Lipinski definition) is 1. The lowest BCUT2D eigenvalue weighted by molar-refractivity contribution is -0.139. The highest BCUT2D eigenvalue weighted by atomic mass is 32.2. The van der Waals surface area contributed by atoms with Crippen LogP contribution in [0, 0.1) is 29.3 Å². The second-order valence-corrected chi connectivity index (χ2v) is 10.2. The van der Waals surface area contributed by atoms with Gasteiger partial charge < -0.3 is 4.74 Å². The lowest BCUT2D eigenvalue weighted by atomic mass is 9.83. The van der Waals surface area contributed by atoms with Crippen molar-refractivity contribution in [1.82, 2.24) is 4.98 Å². The maximum atomic E-state index is 14.6. The van der Waals surface area contributed by atoms with Crippen LogP contribution in [0.4, 0.5) is 28.8 Å². The van der Waals surface area contributed by atoms with E-state index in [0.717, 1.165) is 54.1 Å². The average molecular weight is 502 g/mol. The molecule has 0 unspecified atom stereocenters. The highest BCUT2D eigenvalue weighted by molar-refractivity contribution is 8.01. The SMILES string of the molecule is CCOC(=O)CSc1cnc(NC(=O)N(C[C@H]2CC[C@H](C)CC2)c2ccc(F)c(F)c2F)s1. The molecule has 33 heavy (non-hydrogen) atoms. The Hall–Kier alpha value is -2.27. The summed E-state index contributed by atoms with van der Waals surface area (Å²) < 4.78 is 47.5. The van der Waals surface area contributed by atoms with E-state index in [9.17, 15) is 22.8 Å². The number of aromatic nitrogens is 1. The number of urea groups is 1. The van der Waals surface area contributed by atoms with Crippen LogP contribution in [-0.2, 0) is 9.53 Å². The van der Waals surface area contributed by atoms with E-state index in [1.165, 1.54) is 18.0 Å². The predicted molar refractivity (Wildman–Crippen MR) is 123 cm³/mol. The monoisotopic (exact) mass is 501 g/mol. The molecule has 0 radical (unpaired) electrons. The minimum Gasteiger partial charge on any atom is -0.465 e. The van der Waals surface area contributed by atoms with Crippen molar-refractivity contribution in [2.45, 2.75) is 43.7 Å². The first-order chi connectivity index (χ1) is 15.8. The number of thioether (sulfide) groups is 1. The third kappa shape index (κ3) is 6.86. The molecule has 1 fully saturated rings. The summed E-state index contributed by atoms with van der Waals surface area (Å²) >= 11 is 2.37. The Balaban J connectivity index is 1.74. The molecule has 1 saturated carbocycles. The van der Waals surface area contributed by atoms with Crippen LogP contribution in [0.1, 0.15) is 39.5 Å². The number of thiazole rings is 1. The fourth-order valence-electron chi connectivity index (χ4n) is 3.66. The van der Waals surface area contributed by atoms with Gasteiger partial charge in [0.1, 0.15) is 0 Å². The van der Waals surface area contributed by atoms with E-state index in [2.05, 4.69) is 17.2 Å². The van der Waals surface area contributed by atoms with Gasteiger partial charge in [0.2, 0.25) is 0 Å². The van der Waals surface area contributed by atoms with Crippen LogP contribution < -0.4 is 10.2 Å². The maximum absolute atomic E-state index is 14.6. The Morgan fingerprint density at radius 3 is 2.64 bits per heavy atom. The van der Waals surface area contributed by atoms with Crippen LogP contribution in [0.2, 0.25) is 0 Å². The Bertz CT molecular complexity index is 981. The van der Waals surface area contributed by atoms with Gasteiger partial charge in [0, 0.05) is 6.54 Å². The number of hydrogen-bond acceptors (Lipinski definition) is 6. The van der Waals surface area contributed by atoms with Gasteiger partial charge in [-0.2, -0.15) is 0 Å². The predicted octanol–water partition coefficient (Wildman–Crippen LogP) is 6.08. The topological polar surface area (TPSA) is 71.5 Å². The molecule has 3 rings (SSSR count). The van der Waals surface area contributed by atoms with E-state index in [1.807, 2.05) is 0 Å². The van der Waals surface area contributed by atoms with E-state index in [4.69, 9.17) is 4.74 Å². The van der Waals surface area contributed by atoms with Gasteiger partial charge in [-0.3, -0.25) is 15.0 Å². The lowest BCUT2D eigenvalue weighted by Crippen LogP contribution is -2.40. The molecule has 1 aliphatic rings. The van der Waals surface area contributed by atoms with Crippen molar-refractivity contribution in [1.29, 1.82) is 0 Å². The van der Waals surface area contributed by atoms with Crippen molar-refractivity contribution in [2.75, 3.05) is 29.1 Å². The fraction of sp³-hybridized carbons (Fsp3) is 0.500. The number of benzene rings is 1. The number of esters is 1. The molecule has 1 aromatic heterocycles. The number of nitrogens with one attached hydrogen (secondary N) is 1. The first-order valence-electron chi connectivity index (χ1n) is 10.7. The van der Waals surface area contributed by atoms with Crippen molar-refractivity contribution < 1.29 is 27.5 Å². The van der Waals surface area contributed by atoms with Gasteiger partial charge in [-0.05, 0) is 43.7 Å². The van der Waals surface area contributed by atoms with Crippen molar-refractivity contribution in [3.8, 4) is 0 Å². The van der Waals surface area contributed by atoms with Crippen LogP contribution in [0.15, 0.2) is 22.5 Å². The zero-order valence-electron chi connectivity index (χ0n) is 18.4. The molecule has 0 spiro atoms. The van der Waals surface area contributed by atoms with Gasteiger partial charge in [0.15, 0.2) is 22.6 Å². The molecule has 1 aromatic carbocycles. The van der Waals surface area contributed by atoms with Crippen LogP contribution >= 0.6 is 23.1 Å². The van der Waals surface area contributed by atoms with Crippen LogP contribution in [0.25, 0.3) is 0 Å². The minimum atomic E-state index is -1.62. The summed E-state index contributed by atoms with van der Waals surface area (Å²) in [6.45, 7) is 4.35. The maximum Gasteiger partial charge on any atom is 0.328 e. The molecule has 0 bridgehead atoms. The van der Waals surface area contributed by atoms with Gasteiger partial charge in [-0.1, -0.05) is 31.1 Å². The number of halogens is 3. The summed E-state index contributed by atoms with van der Waals surface area (Å²) in [6.07, 6.45) is 5.22. The number of carbonyl (C=O) groups excluding carboxylic acids is 2. The zero-order valence-corrected chi connectivity index (χ0v) is 20.0. The Morgan fingerprint density at radius 1 is 1.21 bits per heavy atom. The molecule has 2 aromatic rings. The molecule has 1 aliphatic carbocycles. The Kier molecular flexibility index (Phi) is 9.02. The molecule has 1 N–H and O–H groups in total. The fourth-order valence-corrected chi connectivity index (χ4v) is 5.32. The molecule has 180 valence electrons. The van der Waals surface area contributed by atoms with Gasteiger partial charge in [0.25, 0.3) is 0 Å². The molecule has 11 heteroatoms. The zero-order chi connectivity index (χ0) is 24.0. The third-order valence-corrected chi connectivity index (χ3v) is 7.54. The molecular weight excluding hydrogens is 475 g/mol. The highest BCUT2D eigenvalue weighted by Crippen LogP contribution is 2.33. The van der Waals surface area contributed by atoms with Gasteiger partial charge in [-0.15, -0.1) is 11.8 Å².